The van der Waals surface area contributed by atoms with Crippen molar-refractivity contribution in [2.24, 2.45) is 0 Å². The summed E-state index contributed by atoms with van der Waals surface area (Å²) >= 11 is 5.53. The molecule has 4 heteroatoms. The zero-order valence-electron chi connectivity index (χ0n) is 14.4. The normalized spacial score (nSPS) is 11.6. The molecule has 3 aromatic rings. The van der Waals surface area contributed by atoms with Crippen molar-refractivity contribution in [1.29, 1.82) is 0 Å². The maximum absolute atomic E-state index is 5.53. The number of nitrogens with one attached hydrogen (secondary N) is 2. The zero-order valence-corrected chi connectivity index (χ0v) is 15.2. The molecular formula is C21H21N3S. The van der Waals surface area contributed by atoms with Gasteiger partial charge in [0.25, 0.3) is 0 Å². The molecule has 0 radical (unpaired) electrons. The first-order valence-corrected chi connectivity index (χ1v) is 8.65. The smallest absolute Gasteiger partial charge is 0.172 e. The number of aryl methyl sites for hydroxylation is 2. The van der Waals surface area contributed by atoms with Crippen LogP contribution < -0.4 is 10.6 Å². The Morgan fingerprint density at radius 2 is 1.64 bits per heavy atom. The summed E-state index contributed by atoms with van der Waals surface area (Å²) in [5.74, 6) is 0.736. The highest BCUT2D eigenvalue weighted by Crippen LogP contribution is 2.25. The fourth-order valence-corrected chi connectivity index (χ4v) is 2.94. The summed E-state index contributed by atoms with van der Waals surface area (Å²) in [6.07, 6.45) is 1.82. The third kappa shape index (κ3) is 4.43. The molecular weight excluding hydrogens is 326 g/mol. The number of anilines is 1. The molecule has 0 aliphatic rings. The second-order valence-corrected chi connectivity index (χ2v) is 6.43. The van der Waals surface area contributed by atoms with Crippen molar-refractivity contribution in [1.82, 2.24) is 10.3 Å². The Morgan fingerprint density at radius 1 is 0.920 bits per heavy atom. The molecule has 1 aromatic heterocycles. The molecule has 126 valence electrons. The standard InChI is InChI=1S/C21H21N3S/c1-15-12-13-19(22-14-15)23-21(25)24-20(17-9-4-3-5-10-17)18-11-7-6-8-16(18)2/h3-14,20H,1-2H3,(H2,22,23,24,25)/t20-/m0/s1. The van der Waals surface area contributed by atoms with E-state index in [0.717, 1.165) is 16.9 Å². The van der Waals surface area contributed by atoms with E-state index in [-0.39, 0.29) is 6.04 Å². The van der Waals surface area contributed by atoms with Gasteiger partial charge in [0.15, 0.2) is 5.11 Å². The van der Waals surface area contributed by atoms with Gasteiger partial charge in [-0.05, 0) is 54.4 Å². The number of pyridine rings is 1. The minimum absolute atomic E-state index is 0.0205. The molecule has 0 aliphatic carbocycles. The number of benzene rings is 2. The fourth-order valence-electron chi connectivity index (χ4n) is 2.72. The van der Waals surface area contributed by atoms with Gasteiger partial charge in [-0.2, -0.15) is 0 Å². The van der Waals surface area contributed by atoms with Gasteiger partial charge in [-0.1, -0.05) is 60.7 Å². The molecule has 3 rings (SSSR count). The van der Waals surface area contributed by atoms with Crippen LogP contribution in [0.2, 0.25) is 0 Å². The van der Waals surface area contributed by atoms with E-state index in [1.165, 1.54) is 11.1 Å². The Morgan fingerprint density at radius 3 is 2.32 bits per heavy atom. The quantitative estimate of drug-likeness (QED) is 0.666. The van der Waals surface area contributed by atoms with Crippen molar-refractivity contribution >= 4 is 23.1 Å². The highest BCUT2D eigenvalue weighted by atomic mass is 32.1. The average molecular weight is 347 g/mol. The monoisotopic (exact) mass is 347 g/mol. The minimum Gasteiger partial charge on any atom is -0.351 e. The topological polar surface area (TPSA) is 37.0 Å². The Bertz CT molecular complexity index is 845. The summed E-state index contributed by atoms with van der Waals surface area (Å²) in [7, 11) is 0. The average Bonchev–Trinajstić information content (AvgIpc) is 2.63. The van der Waals surface area contributed by atoms with Crippen molar-refractivity contribution in [3.63, 3.8) is 0 Å². The molecule has 0 unspecified atom stereocenters. The van der Waals surface area contributed by atoms with Gasteiger partial charge >= 0.3 is 0 Å². The lowest BCUT2D eigenvalue weighted by molar-refractivity contribution is 0.762. The molecule has 0 spiro atoms. The lowest BCUT2D eigenvalue weighted by Crippen LogP contribution is -2.33. The first kappa shape index (κ1) is 17.1. The summed E-state index contributed by atoms with van der Waals surface area (Å²) in [6.45, 7) is 4.13. The van der Waals surface area contributed by atoms with Crippen LogP contribution in [0.15, 0.2) is 72.9 Å². The van der Waals surface area contributed by atoms with Crippen LogP contribution >= 0.6 is 12.2 Å². The Balaban J connectivity index is 1.84. The van der Waals surface area contributed by atoms with E-state index in [2.05, 4.69) is 52.9 Å². The third-order valence-electron chi connectivity index (χ3n) is 4.06. The van der Waals surface area contributed by atoms with E-state index in [4.69, 9.17) is 12.2 Å². The first-order chi connectivity index (χ1) is 12.1. The third-order valence-corrected chi connectivity index (χ3v) is 4.28. The molecule has 0 saturated carbocycles. The highest BCUT2D eigenvalue weighted by molar-refractivity contribution is 7.80. The van der Waals surface area contributed by atoms with E-state index in [1.807, 2.05) is 49.5 Å². The maximum atomic E-state index is 5.53. The van der Waals surface area contributed by atoms with E-state index >= 15 is 0 Å². The molecule has 0 bridgehead atoms. The fraction of sp³-hybridized carbons (Fsp3) is 0.143. The van der Waals surface area contributed by atoms with Crippen molar-refractivity contribution in [2.75, 3.05) is 5.32 Å². The van der Waals surface area contributed by atoms with Gasteiger partial charge in [0.1, 0.15) is 5.82 Å². The van der Waals surface area contributed by atoms with Gasteiger partial charge in [0.2, 0.25) is 0 Å². The lowest BCUT2D eigenvalue weighted by atomic mass is 9.95. The van der Waals surface area contributed by atoms with Gasteiger partial charge < -0.3 is 10.6 Å². The Kier molecular flexibility index (Phi) is 5.41. The van der Waals surface area contributed by atoms with Gasteiger partial charge in [0, 0.05) is 6.20 Å². The molecule has 3 nitrogen and oxygen atoms in total. The molecule has 1 heterocycles. The summed E-state index contributed by atoms with van der Waals surface area (Å²) in [5.41, 5.74) is 4.71. The van der Waals surface area contributed by atoms with Crippen LogP contribution in [-0.2, 0) is 0 Å². The van der Waals surface area contributed by atoms with E-state index in [1.54, 1.807) is 0 Å². The van der Waals surface area contributed by atoms with Crippen LogP contribution in [0.3, 0.4) is 0 Å². The van der Waals surface area contributed by atoms with Crippen LogP contribution in [0.5, 0.6) is 0 Å². The van der Waals surface area contributed by atoms with Crippen molar-refractivity contribution in [2.45, 2.75) is 19.9 Å². The van der Waals surface area contributed by atoms with Crippen LogP contribution in [0, 0.1) is 13.8 Å². The Labute approximate surface area is 154 Å². The largest absolute Gasteiger partial charge is 0.351 e. The predicted octanol–water partition coefficient (Wildman–Crippen LogP) is 4.77. The van der Waals surface area contributed by atoms with E-state index < -0.39 is 0 Å². The van der Waals surface area contributed by atoms with Gasteiger partial charge in [-0.15, -0.1) is 0 Å². The number of hydrogen-bond donors (Lipinski definition) is 2. The van der Waals surface area contributed by atoms with Crippen molar-refractivity contribution in [3.05, 3.63) is 95.2 Å². The lowest BCUT2D eigenvalue weighted by Gasteiger charge is -2.23. The SMILES string of the molecule is Cc1ccc(NC(=S)N[C@@H](c2ccccc2)c2ccccc2C)nc1. The van der Waals surface area contributed by atoms with E-state index in [0.29, 0.717) is 5.11 Å². The highest BCUT2D eigenvalue weighted by Gasteiger charge is 2.17. The number of nitrogens with zero attached hydrogens (tertiary/aromatic N) is 1. The second kappa shape index (κ2) is 7.90. The van der Waals surface area contributed by atoms with Crippen molar-refractivity contribution < 1.29 is 0 Å². The van der Waals surface area contributed by atoms with Crippen LogP contribution in [-0.4, -0.2) is 10.1 Å². The molecule has 25 heavy (non-hydrogen) atoms. The van der Waals surface area contributed by atoms with Crippen LogP contribution in [0.4, 0.5) is 5.82 Å². The van der Waals surface area contributed by atoms with Crippen LogP contribution in [0.1, 0.15) is 28.3 Å². The number of aromatic nitrogens is 1. The Hall–Kier alpha value is -2.72. The summed E-state index contributed by atoms with van der Waals surface area (Å²) in [6, 6.07) is 22.6. The van der Waals surface area contributed by atoms with Crippen molar-refractivity contribution in [3.8, 4) is 0 Å². The number of rotatable bonds is 4. The summed E-state index contributed by atoms with van der Waals surface area (Å²) in [5, 5.41) is 7.15. The molecule has 2 N–H and O–H groups in total. The molecule has 1 atom stereocenters. The number of hydrogen-bond acceptors (Lipinski definition) is 2. The molecule has 0 fully saturated rings. The molecule has 0 saturated heterocycles. The maximum Gasteiger partial charge on any atom is 0.172 e. The predicted molar refractivity (Wildman–Crippen MR) is 108 cm³/mol. The second-order valence-electron chi connectivity index (χ2n) is 6.02. The summed E-state index contributed by atoms with van der Waals surface area (Å²) in [4.78, 5) is 4.35. The molecule has 0 aliphatic heterocycles. The zero-order chi connectivity index (χ0) is 17.6. The van der Waals surface area contributed by atoms with E-state index in [9.17, 15) is 0 Å². The van der Waals surface area contributed by atoms with Gasteiger partial charge in [-0.25, -0.2) is 4.98 Å². The minimum atomic E-state index is -0.0205. The first-order valence-electron chi connectivity index (χ1n) is 8.24. The summed E-state index contributed by atoms with van der Waals surface area (Å²) < 4.78 is 0. The molecule has 0 amide bonds. The van der Waals surface area contributed by atoms with Gasteiger partial charge in [0.05, 0.1) is 6.04 Å². The van der Waals surface area contributed by atoms with Gasteiger partial charge in [-0.3, -0.25) is 0 Å². The van der Waals surface area contributed by atoms with Crippen LogP contribution in [0.25, 0.3) is 0 Å². The molecule has 2 aromatic carbocycles. The number of thiocarbonyl (C=S) groups is 1.